The van der Waals surface area contributed by atoms with Crippen LogP contribution in [0.4, 0.5) is 0 Å². The van der Waals surface area contributed by atoms with Crippen molar-refractivity contribution in [2.24, 2.45) is 5.73 Å². The van der Waals surface area contributed by atoms with Gasteiger partial charge < -0.3 is 5.73 Å². The maximum absolute atomic E-state index is 5.94. The smallest absolute Gasteiger partial charge is 0.0410 e. The lowest BCUT2D eigenvalue weighted by Gasteiger charge is -2.08. The zero-order valence-corrected chi connectivity index (χ0v) is 11.3. The van der Waals surface area contributed by atoms with Crippen molar-refractivity contribution in [3.63, 3.8) is 0 Å². The number of rotatable bonds is 3. The lowest BCUT2D eigenvalue weighted by Crippen LogP contribution is -1.98. The van der Waals surface area contributed by atoms with E-state index >= 15 is 0 Å². The minimum atomic E-state index is 0.483. The quantitative estimate of drug-likeness (QED) is 0.891. The van der Waals surface area contributed by atoms with Gasteiger partial charge in [0.2, 0.25) is 0 Å². The van der Waals surface area contributed by atoms with E-state index in [-0.39, 0.29) is 0 Å². The van der Waals surface area contributed by atoms with Crippen molar-refractivity contribution in [3.8, 4) is 0 Å². The zero-order chi connectivity index (χ0) is 12.3. The molecule has 4 heteroatoms. The molecule has 0 spiro atoms. The number of halogens is 2. The van der Waals surface area contributed by atoms with Crippen LogP contribution in [0.2, 0.25) is 10.0 Å². The van der Waals surface area contributed by atoms with Gasteiger partial charge in [0.05, 0.1) is 0 Å². The van der Waals surface area contributed by atoms with Gasteiger partial charge in [0.25, 0.3) is 0 Å². The van der Waals surface area contributed by atoms with E-state index in [1.165, 1.54) is 0 Å². The predicted octanol–water partition coefficient (Wildman–Crippen LogP) is 4.60. The van der Waals surface area contributed by atoms with Crippen LogP contribution >= 0.6 is 35.0 Å². The minimum Gasteiger partial charge on any atom is -0.326 e. The molecule has 0 amide bonds. The Bertz CT molecular complexity index is 511. The van der Waals surface area contributed by atoms with Gasteiger partial charge in [-0.25, -0.2) is 0 Å². The molecule has 0 aliphatic carbocycles. The maximum atomic E-state index is 5.94. The number of benzene rings is 2. The summed E-state index contributed by atoms with van der Waals surface area (Å²) in [6, 6.07) is 13.5. The van der Waals surface area contributed by atoms with Crippen molar-refractivity contribution in [1.29, 1.82) is 0 Å². The van der Waals surface area contributed by atoms with Crippen LogP contribution < -0.4 is 5.73 Å². The van der Waals surface area contributed by atoms with Gasteiger partial charge in [-0.2, -0.15) is 0 Å². The second kappa shape index (κ2) is 5.78. The Kier molecular flexibility index (Phi) is 4.35. The van der Waals surface area contributed by atoms with Crippen LogP contribution in [-0.4, -0.2) is 0 Å². The van der Waals surface area contributed by atoms with Crippen molar-refractivity contribution >= 4 is 35.0 Å². The topological polar surface area (TPSA) is 26.0 Å². The van der Waals surface area contributed by atoms with Gasteiger partial charge in [-0.05, 0) is 48.0 Å². The van der Waals surface area contributed by atoms with E-state index in [0.29, 0.717) is 11.6 Å². The summed E-state index contributed by atoms with van der Waals surface area (Å²) in [4.78, 5) is 2.26. The molecule has 0 unspecified atom stereocenters. The summed E-state index contributed by atoms with van der Waals surface area (Å²) in [5.41, 5.74) is 6.76. The average Bonchev–Trinajstić information content (AvgIpc) is 2.34. The van der Waals surface area contributed by atoms with Crippen molar-refractivity contribution in [2.45, 2.75) is 16.3 Å². The Balaban J connectivity index is 2.26. The molecule has 0 heterocycles. The lowest BCUT2D eigenvalue weighted by molar-refractivity contribution is 1.03. The molecule has 0 aromatic heterocycles. The molecule has 2 aromatic carbocycles. The van der Waals surface area contributed by atoms with Gasteiger partial charge in [0.15, 0.2) is 0 Å². The summed E-state index contributed by atoms with van der Waals surface area (Å²) in [6.07, 6.45) is 0. The fourth-order valence-corrected chi connectivity index (χ4v) is 2.69. The molecule has 0 aliphatic heterocycles. The van der Waals surface area contributed by atoms with E-state index < -0.39 is 0 Å². The predicted molar refractivity (Wildman–Crippen MR) is 74.9 cm³/mol. The molecule has 17 heavy (non-hydrogen) atoms. The van der Waals surface area contributed by atoms with E-state index in [1.54, 1.807) is 11.8 Å². The standard InChI is InChI=1S/C13H11Cl2NS/c14-10-1-4-12(5-2-10)17-13-6-3-11(15)7-9(13)8-16/h1-7H,8,16H2. The first-order valence-electron chi connectivity index (χ1n) is 5.11. The van der Waals surface area contributed by atoms with Crippen molar-refractivity contribution in [2.75, 3.05) is 0 Å². The van der Waals surface area contributed by atoms with Crippen molar-refractivity contribution < 1.29 is 0 Å². The SMILES string of the molecule is NCc1cc(Cl)ccc1Sc1ccc(Cl)cc1. The van der Waals surface area contributed by atoms with E-state index in [4.69, 9.17) is 28.9 Å². The van der Waals surface area contributed by atoms with Gasteiger partial charge in [-0.1, -0.05) is 35.0 Å². The molecule has 0 atom stereocenters. The summed E-state index contributed by atoms with van der Waals surface area (Å²) in [5.74, 6) is 0. The van der Waals surface area contributed by atoms with Gasteiger partial charge in [0, 0.05) is 26.4 Å². The van der Waals surface area contributed by atoms with E-state index in [1.807, 2.05) is 42.5 Å². The summed E-state index contributed by atoms with van der Waals surface area (Å²) in [7, 11) is 0. The molecule has 2 rings (SSSR count). The van der Waals surface area contributed by atoms with Crippen LogP contribution in [0, 0.1) is 0 Å². The van der Waals surface area contributed by atoms with Crippen molar-refractivity contribution in [3.05, 3.63) is 58.1 Å². The molecule has 0 aliphatic rings. The molecule has 0 radical (unpaired) electrons. The Morgan fingerprint density at radius 2 is 1.59 bits per heavy atom. The normalized spacial score (nSPS) is 10.5. The van der Waals surface area contributed by atoms with Gasteiger partial charge >= 0.3 is 0 Å². The van der Waals surface area contributed by atoms with Crippen LogP contribution in [0.3, 0.4) is 0 Å². The average molecular weight is 284 g/mol. The first kappa shape index (κ1) is 12.8. The van der Waals surface area contributed by atoms with Crippen molar-refractivity contribution in [1.82, 2.24) is 0 Å². The summed E-state index contributed by atoms with van der Waals surface area (Å²) in [6.45, 7) is 0.483. The molecule has 88 valence electrons. The van der Waals surface area contributed by atoms with E-state index in [9.17, 15) is 0 Å². The number of hydrogen-bond acceptors (Lipinski definition) is 2. The molecular weight excluding hydrogens is 273 g/mol. The fourth-order valence-electron chi connectivity index (χ4n) is 1.44. The Morgan fingerprint density at radius 1 is 0.941 bits per heavy atom. The third-order valence-electron chi connectivity index (χ3n) is 2.28. The fraction of sp³-hybridized carbons (Fsp3) is 0.0769. The second-order valence-corrected chi connectivity index (χ2v) is 5.50. The van der Waals surface area contributed by atoms with Crippen LogP contribution in [-0.2, 0) is 6.54 Å². The zero-order valence-electron chi connectivity index (χ0n) is 8.99. The Labute approximate surface area is 115 Å². The van der Waals surface area contributed by atoms with Crippen LogP contribution in [0.1, 0.15) is 5.56 Å². The minimum absolute atomic E-state index is 0.483. The molecule has 1 nitrogen and oxygen atoms in total. The first-order valence-corrected chi connectivity index (χ1v) is 6.68. The van der Waals surface area contributed by atoms with Crippen LogP contribution in [0.15, 0.2) is 52.3 Å². The van der Waals surface area contributed by atoms with Crippen LogP contribution in [0.25, 0.3) is 0 Å². The van der Waals surface area contributed by atoms with Gasteiger partial charge in [-0.3, -0.25) is 0 Å². The van der Waals surface area contributed by atoms with Crippen LogP contribution in [0.5, 0.6) is 0 Å². The highest BCUT2D eigenvalue weighted by atomic mass is 35.5. The summed E-state index contributed by atoms with van der Waals surface area (Å²) >= 11 is 13.4. The highest BCUT2D eigenvalue weighted by Gasteiger charge is 2.04. The number of nitrogens with two attached hydrogens (primary N) is 1. The third-order valence-corrected chi connectivity index (χ3v) is 3.90. The van der Waals surface area contributed by atoms with E-state index in [0.717, 1.165) is 20.4 Å². The van der Waals surface area contributed by atoms with E-state index in [2.05, 4.69) is 0 Å². The third kappa shape index (κ3) is 3.39. The molecular formula is C13H11Cl2NS. The highest BCUT2D eigenvalue weighted by molar-refractivity contribution is 7.99. The first-order chi connectivity index (χ1) is 8.19. The molecule has 0 saturated heterocycles. The molecule has 0 fully saturated rings. The second-order valence-electron chi connectivity index (χ2n) is 3.51. The van der Waals surface area contributed by atoms with Gasteiger partial charge in [-0.15, -0.1) is 0 Å². The summed E-state index contributed by atoms with van der Waals surface area (Å²) < 4.78 is 0. The number of hydrogen-bond donors (Lipinski definition) is 1. The molecule has 2 N–H and O–H groups in total. The molecule has 0 bridgehead atoms. The lowest BCUT2D eigenvalue weighted by atomic mass is 10.2. The maximum Gasteiger partial charge on any atom is 0.0410 e. The monoisotopic (exact) mass is 283 g/mol. The Morgan fingerprint density at radius 3 is 2.24 bits per heavy atom. The Hall–Kier alpha value is -0.670. The molecule has 0 saturated carbocycles. The summed E-state index contributed by atoms with van der Waals surface area (Å²) in [5, 5.41) is 1.45. The molecule has 2 aromatic rings. The van der Waals surface area contributed by atoms with Gasteiger partial charge in [0.1, 0.15) is 0 Å². The largest absolute Gasteiger partial charge is 0.326 e. The highest BCUT2D eigenvalue weighted by Crippen LogP contribution is 2.32.